The number of methoxy groups -OCH3 is 1. The molecule has 14 heteroatoms. The van der Waals surface area contributed by atoms with E-state index in [4.69, 9.17) is 9.72 Å². The Bertz CT molecular complexity index is 1760. The van der Waals surface area contributed by atoms with E-state index < -0.39 is 41.1 Å². The Balaban J connectivity index is 1.99. The predicted molar refractivity (Wildman–Crippen MR) is 179 cm³/mol. The molecule has 2 heterocycles. The number of amides is 3. The van der Waals surface area contributed by atoms with Crippen LogP contribution in [0.4, 0.5) is 19.7 Å². The van der Waals surface area contributed by atoms with Gasteiger partial charge in [-0.25, -0.2) is 23.5 Å². The van der Waals surface area contributed by atoms with E-state index in [1.54, 1.807) is 40.9 Å². The van der Waals surface area contributed by atoms with Gasteiger partial charge < -0.3 is 29.6 Å². The number of nitrogens with one attached hydrogen (secondary N) is 2. The predicted octanol–water partition coefficient (Wildman–Crippen LogP) is 4.84. The van der Waals surface area contributed by atoms with Crippen molar-refractivity contribution in [3.8, 4) is 0 Å². The monoisotopic (exact) mass is 668 g/mol. The Labute approximate surface area is 279 Å². The first-order valence-corrected chi connectivity index (χ1v) is 15.5. The molecule has 3 aromatic rings. The lowest BCUT2D eigenvalue weighted by Crippen LogP contribution is -2.44. The largest absolute Gasteiger partial charge is 0.453 e. The number of carbonyl (C=O) groups is 4. The first-order valence-electron chi connectivity index (χ1n) is 15.5. The van der Waals surface area contributed by atoms with Gasteiger partial charge in [0.25, 0.3) is 5.56 Å². The van der Waals surface area contributed by atoms with E-state index in [1.807, 2.05) is 20.8 Å². The van der Waals surface area contributed by atoms with E-state index >= 15 is 0 Å². The number of anilines is 1. The zero-order valence-electron chi connectivity index (χ0n) is 29.0. The molecule has 1 atom stereocenters. The van der Waals surface area contributed by atoms with Crippen LogP contribution in [0.2, 0.25) is 0 Å². The van der Waals surface area contributed by atoms with E-state index in [0.717, 1.165) is 7.11 Å². The second-order valence-corrected chi connectivity index (χ2v) is 13.8. The van der Waals surface area contributed by atoms with Gasteiger partial charge in [-0.05, 0) is 75.3 Å². The van der Waals surface area contributed by atoms with Crippen LogP contribution in [-0.2, 0) is 32.0 Å². The number of carbonyl (C=O) groups excluding carboxylic acids is 4. The number of ether oxygens (including phenoxy) is 2. The molecule has 0 spiro atoms. The summed E-state index contributed by atoms with van der Waals surface area (Å²) in [6.45, 7) is 10.9. The molecule has 0 saturated carbocycles. The summed E-state index contributed by atoms with van der Waals surface area (Å²) in [6, 6.07) is 4.43. The van der Waals surface area contributed by atoms with Crippen LogP contribution in [0, 0.1) is 11.2 Å². The van der Waals surface area contributed by atoms with E-state index in [2.05, 4.69) is 15.4 Å². The fraction of sp³-hybridized carbons (Fsp3) is 0.471. The number of fused-ring (bicyclic) bond motifs is 1. The summed E-state index contributed by atoms with van der Waals surface area (Å²) in [5, 5.41) is 5.01. The number of alkyl carbamates (subject to hydrolysis) is 1. The lowest BCUT2D eigenvalue weighted by molar-refractivity contribution is -0.123. The highest BCUT2D eigenvalue weighted by molar-refractivity contribution is 5.96. The number of benzene rings is 1. The van der Waals surface area contributed by atoms with Crippen molar-refractivity contribution in [2.75, 3.05) is 26.5 Å². The number of aromatic nitrogens is 3. The van der Waals surface area contributed by atoms with Gasteiger partial charge in [0, 0.05) is 26.4 Å². The van der Waals surface area contributed by atoms with Crippen molar-refractivity contribution < 1.29 is 33.0 Å². The van der Waals surface area contributed by atoms with Crippen molar-refractivity contribution in [2.45, 2.75) is 79.0 Å². The third-order valence-corrected chi connectivity index (χ3v) is 6.88. The maximum Gasteiger partial charge on any atom is 0.420 e. The zero-order chi connectivity index (χ0) is 36.0. The first kappa shape index (κ1) is 37.4. The van der Waals surface area contributed by atoms with E-state index in [-0.39, 0.29) is 47.7 Å². The lowest BCUT2D eigenvalue weighted by Gasteiger charge is -2.21. The third kappa shape index (κ3) is 10.2. The molecule has 13 nitrogen and oxygen atoms in total. The van der Waals surface area contributed by atoms with Gasteiger partial charge in [0.05, 0.1) is 24.7 Å². The van der Waals surface area contributed by atoms with Crippen LogP contribution in [0.25, 0.3) is 11.0 Å². The molecular formula is C34H45FN6O7. The highest BCUT2D eigenvalue weighted by Crippen LogP contribution is 2.29. The molecular weight excluding hydrogens is 623 g/mol. The van der Waals surface area contributed by atoms with Crippen molar-refractivity contribution in [3.05, 3.63) is 70.2 Å². The summed E-state index contributed by atoms with van der Waals surface area (Å²) in [7, 11) is 4.36. The van der Waals surface area contributed by atoms with Crippen molar-refractivity contribution in [3.63, 3.8) is 0 Å². The van der Waals surface area contributed by atoms with Gasteiger partial charge in [-0.1, -0.05) is 26.8 Å². The Hall–Kier alpha value is -5.01. The lowest BCUT2D eigenvalue weighted by atomic mass is 9.87. The molecule has 0 aliphatic carbocycles. The average Bonchev–Trinajstić information content (AvgIpc) is 3.32. The second-order valence-electron chi connectivity index (χ2n) is 13.8. The van der Waals surface area contributed by atoms with Gasteiger partial charge in [0.1, 0.15) is 29.0 Å². The van der Waals surface area contributed by atoms with Gasteiger partial charge >= 0.3 is 12.2 Å². The summed E-state index contributed by atoms with van der Waals surface area (Å²) in [4.78, 5) is 70.2. The molecule has 0 fully saturated rings. The van der Waals surface area contributed by atoms with Crippen LogP contribution < -0.4 is 16.2 Å². The molecule has 0 saturated heterocycles. The summed E-state index contributed by atoms with van der Waals surface area (Å²) in [5.41, 5.74) is -0.614. The maximum atomic E-state index is 14.9. The summed E-state index contributed by atoms with van der Waals surface area (Å²) in [5.74, 6) is -1.35. The number of nitrogens with zero attached hydrogens (tertiary/aromatic N) is 4. The van der Waals surface area contributed by atoms with Crippen molar-refractivity contribution in [1.82, 2.24) is 24.3 Å². The molecule has 0 bridgehead atoms. The SMILES string of the molecule is COC(=O)NC(CCC=CC(=O)N(C)C)C(=O)Nc1cccn(Cc2nc3c(CC(C)(C)C)cc(F)cc3n2C(=O)OC(C)(C)C)c1=O. The molecule has 0 aliphatic heterocycles. The fourth-order valence-electron chi connectivity index (χ4n) is 4.78. The van der Waals surface area contributed by atoms with Crippen LogP contribution in [0.15, 0.2) is 47.4 Å². The fourth-order valence-corrected chi connectivity index (χ4v) is 4.78. The normalized spacial score (nSPS) is 12.5. The molecule has 3 amide bonds. The quantitative estimate of drug-likeness (QED) is 0.291. The van der Waals surface area contributed by atoms with Gasteiger partial charge in [-0.15, -0.1) is 0 Å². The standard InChI is InChI=1S/C34H45FN6O7/c1-33(2,3)19-21-17-22(35)18-25-28(21)38-26(41(25)32(46)48-34(4,5)6)20-40-16-12-14-24(30(40)44)36-29(43)23(37-31(45)47-9)13-10-11-15-27(42)39(7)8/h11-12,14-18,23H,10,13,19-20H2,1-9H3,(H,36,43)(H,37,45). The van der Waals surface area contributed by atoms with Crippen LogP contribution in [0.1, 0.15) is 65.8 Å². The van der Waals surface area contributed by atoms with Crippen LogP contribution in [-0.4, -0.2) is 75.9 Å². The molecule has 1 unspecified atom stereocenters. The number of hydrogen-bond donors (Lipinski definition) is 2. The smallest absolute Gasteiger partial charge is 0.420 e. The van der Waals surface area contributed by atoms with Crippen molar-refractivity contribution in [1.29, 1.82) is 0 Å². The molecule has 48 heavy (non-hydrogen) atoms. The third-order valence-electron chi connectivity index (χ3n) is 6.88. The van der Waals surface area contributed by atoms with E-state index in [9.17, 15) is 28.4 Å². The van der Waals surface area contributed by atoms with E-state index in [0.29, 0.717) is 17.5 Å². The number of rotatable bonds is 10. The second kappa shape index (κ2) is 15.3. The maximum absolute atomic E-state index is 14.9. The Kier molecular flexibility index (Phi) is 11.9. The topological polar surface area (TPSA) is 154 Å². The van der Waals surface area contributed by atoms with Gasteiger partial charge in [-0.2, -0.15) is 0 Å². The molecule has 2 aromatic heterocycles. The van der Waals surface area contributed by atoms with Crippen molar-refractivity contribution >= 4 is 40.7 Å². The Morgan fingerprint density at radius 3 is 2.40 bits per heavy atom. The van der Waals surface area contributed by atoms with Gasteiger partial charge in [0.2, 0.25) is 11.8 Å². The van der Waals surface area contributed by atoms with Gasteiger partial charge in [-0.3, -0.25) is 14.4 Å². The molecule has 2 N–H and O–H groups in total. The molecule has 1 aromatic carbocycles. The minimum atomic E-state index is -1.10. The molecule has 0 aliphatic rings. The number of allylic oxidation sites excluding steroid dienone is 1. The summed E-state index contributed by atoms with van der Waals surface area (Å²) >= 11 is 0. The van der Waals surface area contributed by atoms with Gasteiger partial charge in [0.15, 0.2) is 0 Å². The zero-order valence-corrected chi connectivity index (χ0v) is 29.0. The Morgan fingerprint density at radius 1 is 1.10 bits per heavy atom. The van der Waals surface area contributed by atoms with Crippen LogP contribution in [0.3, 0.4) is 0 Å². The van der Waals surface area contributed by atoms with Crippen LogP contribution in [0.5, 0.6) is 0 Å². The minimum Gasteiger partial charge on any atom is -0.453 e. The number of halogens is 1. The summed E-state index contributed by atoms with van der Waals surface area (Å²) < 4.78 is 27.6. The van der Waals surface area contributed by atoms with Crippen LogP contribution >= 0.6 is 0 Å². The highest BCUT2D eigenvalue weighted by Gasteiger charge is 2.27. The number of hydrogen-bond acceptors (Lipinski definition) is 8. The Morgan fingerprint density at radius 2 is 1.79 bits per heavy atom. The number of imidazole rings is 1. The van der Waals surface area contributed by atoms with E-state index in [1.165, 1.54) is 50.6 Å². The highest BCUT2D eigenvalue weighted by atomic mass is 19.1. The molecule has 0 radical (unpaired) electrons. The first-order chi connectivity index (χ1) is 22.3. The summed E-state index contributed by atoms with van der Waals surface area (Å²) in [6.07, 6.45) is 3.59. The van der Waals surface area contributed by atoms with Crippen molar-refractivity contribution in [2.24, 2.45) is 5.41 Å². The number of likely N-dealkylation sites (N-methyl/N-ethyl adjacent to an activating group) is 1. The molecule has 3 rings (SSSR count). The minimum absolute atomic E-state index is 0.100. The molecule has 260 valence electrons. The number of pyridine rings is 1. The average molecular weight is 669 g/mol.